The Balaban J connectivity index is 1.48. The van der Waals surface area contributed by atoms with Gasteiger partial charge in [-0.2, -0.15) is 4.99 Å². The van der Waals surface area contributed by atoms with Crippen LogP contribution in [0.15, 0.2) is 29.3 Å². The highest BCUT2D eigenvalue weighted by Gasteiger charge is 2.38. The van der Waals surface area contributed by atoms with E-state index in [-0.39, 0.29) is 37.6 Å². The van der Waals surface area contributed by atoms with E-state index in [0.29, 0.717) is 12.1 Å². The van der Waals surface area contributed by atoms with Crippen molar-refractivity contribution in [2.75, 3.05) is 19.7 Å². The first-order valence-corrected chi connectivity index (χ1v) is 7.35. The minimum atomic E-state index is -4.73. The van der Waals surface area contributed by atoms with Crippen LogP contribution in [0.4, 0.5) is 13.2 Å². The van der Waals surface area contributed by atoms with Crippen LogP contribution >= 0.6 is 0 Å². The van der Waals surface area contributed by atoms with Gasteiger partial charge in [-0.25, -0.2) is 0 Å². The predicted octanol–water partition coefficient (Wildman–Crippen LogP) is 1.77. The first kappa shape index (κ1) is 17.3. The second-order valence-electron chi connectivity index (χ2n) is 5.52. The Morgan fingerprint density at radius 1 is 1.32 bits per heavy atom. The fourth-order valence-electron chi connectivity index (χ4n) is 2.49. The van der Waals surface area contributed by atoms with E-state index in [0.717, 1.165) is 0 Å². The lowest BCUT2D eigenvalue weighted by molar-refractivity contribution is -0.518. The molecular weight excluding hydrogens is 347 g/mol. The van der Waals surface area contributed by atoms with Crippen LogP contribution in [-0.2, 0) is 16.1 Å². The number of benzene rings is 1. The number of rotatable bonds is 5. The summed E-state index contributed by atoms with van der Waals surface area (Å²) >= 11 is 0. The molecule has 0 amide bonds. The van der Waals surface area contributed by atoms with Gasteiger partial charge in [-0.05, 0) is 17.7 Å². The maximum Gasteiger partial charge on any atom is 0.573 e. The van der Waals surface area contributed by atoms with Crippen molar-refractivity contribution >= 4 is 6.02 Å². The van der Waals surface area contributed by atoms with Crippen molar-refractivity contribution in [2.24, 2.45) is 4.99 Å². The molecule has 0 spiro atoms. The summed E-state index contributed by atoms with van der Waals surface area (Å²) in [5, 5.41) is 10.8. The van der Waals surface area contributed by atoms with Gasteiger partial charge in [-0.3, -0.25) is 10.1 Å². The van der Waals surface area contributed by atoms with Crippen LogP contribution in [-0.4, -0.2) is 54.2 Å². The quantitative estimate of drug-likeness (QED) is 0.587. The molecular formula is C14H14F3N3O5. The summed E-state index contributed by atoms with van der Waals surface area (Å²) in [5.41, 5.74) is 0.665. The standard InChI is InChI=1S/C14H14F3N3O5/c15-14(16,17)25-10-3-1-9(2-4-10)7-23-11-5-19-6-12(20(21)22)18-13(19)24-8-11/h1-4,11-12H,5-8H2/t11-,12?/m0/s1. The summed E-state index contributed by atoms with van der Waals surface area (Å²) in [5.74, 6) is -0.305. The van der Waals surface area contributed by atoms with Gasteiger partial charge in [0.2, 0.25) is 0 Å². The molecule has 3 rings (SSSR count). The number of nitrogens with zero attached hydrogens (tertiary/aromatic N) is 3. The van der Waals surface area contributed by atoms with E-state index in [4.69, 9.17) is 9.47 Å². The summed E-state index contributed by atoms with van der Waals surface area (Å²) in [6, 6.07) is 5.59. The summed E-state index contributed by atoms with van der Waals surface area (Å²) in [4.78, 5) is 15.8. The highest BCUT2D eigenvalue weighted by molar-refractivity contribution is 5.76. The number of alkyl halides is 3. The number of nitro groups is 1. The van der Waals surface area contributed by atoms with E-state index < -0.39 is 17.5 Å². The first-order chi connectivity index (χ1) is 11.8. The Labute approximate surface area is 139 Å². The fraction of sp³-hybridized carbons (Fsp3) is 0.500. The Bertz CT molecular complexity index is 665. The third-order valence-corrected chi connectivity index (χ3v) is 3.62. The van der Waals surface area contributed by atoms with Crippen molar-refractivity contribution < 1.29 is 32.3 Å². The smallest absolute Gasteiger partial charge is 0.462 e. The molecule has 2 aliphatic heterocycles. The number of halogens is 3. The Morgan fingerprint density at radius 2 is 2.04 bits per heavy atom. The summed E-state index contributed by atoms with van der Waals surface area (Å²) < 4.78 is 51.1. The number of hydrogen-bond acceptors (Lipinski definition) is 7. The molecule has 11 heteroatoms. The van der Waals surface area contributed by atoms with E-state index in [1.54, 1.807) is 4.90 Å². The minimum Gasteiger partial charge on any atom is -0.462 e. The van der Waals surface area contributed by atoms with E-state index in [9.17, 15) is 23.3 Å². The van der Waals surface area contributed by atoms with Gasteiger partial charge in [0.15, 0.2) is 0 Å². The predicted molar refractivity (Wildman–Crippen MR) is 77.4 cm³/mol. The van der Waals surface area contributed by atoms with Crippen molar-refractivity contribution in [2.45, 2.75) is 25.2 Å². The van der Waals surface area contributed by atoms with Crippen LogP contribution in [0, 0.1) is 10.1 Å². The Kier molecular flexibility index (Phi) is 4.66. The molecule has 2 aliphatic rings. The number of hydrogen-bond donors (Lipinski definition) is 0. The van der Waals surface area contributed by atoms with Crippen molar-refractivity contribution in [3.05, 3.63) is 39.9 Å². The van der Waals surface area contributed by atoms with Crippen LogP contribution in [0.1, 0.15) is 5.56 Å². The third-order valence-electron chi connectivity index (χ3n) is 3.62. The van der Waals surface area contributed by atoms with E-state index in [1.165, 1.54) is 24.3 Å². The molecule has 8 nitrogen and oxygen atoms in total. The van der Waals surface area contributed by atoms with Crippen molar-refractivity contribution in [3.8, 4) is 5.75 Å². The summed E-state index contributed by atoms with van der Waals surface area (Å²) in [6.45, 7) is 0.901. The van der Waals surface area contributed by atoms with Gasteiger partial charge in [0.25, 0.3) is 6.02 Å². The molecule has 1 aromatic rings. The zero-order valence-electron chi connectivity index (χ0n) is 12.8. The zero-order chi connectivity index (χ0) is 18.0. The first-order valence-electron chi connectivity index (χ1n) is 7.35. The van der Waals surface area contributed by atoms with E-state index in [1.807, 2.05) is 0 Å². The maximum atomic E-state index is 12.1. The van der Waals surface area contributed by atoms with Crippen LogP contribution in [0.25, 0.3) is 0 Å². The highest BCUT2D eigenvalue weighted by Crippen LogP contribution is 2.23. The summed E-state index contributed by atoms with van der Waals surface area (Å²) in [6.07, 6.45) is -6.08. The van der Waals surface area contributed by atoms with E-state index in [2.05, 4.69) is 9.73 Å². The molecule has 0 aromatic heterocycles. The topological polar surface area (TPSA) is 86.4 Å². The van der Waals surface area contributed by atoms with Gasteiger partial charge < -0.3 is 19.1 Å². The molecule has 136 valence electrons. The van der Waals surface area contributed by atoms with Gasteiger partial charge in [0.05, 0.1) is 13.2 Å². The molecule has 2 atom stereocenters. The molecule has 2 heterocycles. The van der Waals surface area contributed by atoms with Crippen molar-refractivity contribution in [3.63, 3.8) is 0 Å². The number of fused-ring (bicyclic) bond motifs is 1. The van der Waals surface area contributed by atoms with Gasteiger partial charge >= 0.3 is 12.5 Å². The maximum absolute atomic E-state index is 12.1. The minimum absolute atomic E-state index is 0.131. The molecule has 0 N–H and O–H groups in total. The second kappa shape index (κ2) is 6.75. The Morgan fingerprint density at radius 3 is 2.68 bits per heavy atom. The molecule has 25 heavy (non-hydrogen) atoms. The van der Waals surface area contributed by atoms with Gasteiger partial charge in [-0.1, -0.05) is 12.1 Å². The van der Waals surface area contributed by atoms with Crippen molar-refractivity contribution in [1.82, 2.24) is 4.90 Å². The van der Waals surface area contributed by atoms with Crippen LogP contribution in [0.3, 0.4) is 0 Å². The molecule has 0 saturated carbocycles. The average Bonchev–Trinajstić information content (AvgIpc) is 2.96. The van der Waals surface area contributed by atoms with Gasteiger partial charge in [0.1, 0.15) is 25.0 Å². The molecule has 1 unspecified atom stereocenters. The SMILES string of the molecule is O=[N+]([O-])C1CN2C[C@H](OCc3ccc(OC(F)(F)F)cc3)COC2=N1. The van der Waals surface area contributed by atoms with Crippen LogP contribution in [0.2, 0.25) is 0 Å². The number of amidine groups is 1. The molecule has 0 bridgehead atoms. The number of ether oxygens (including phenoxy) is 3. The molecule has 1 fully saturated rings. The van der Waals surface area contributed by atoms with E-state index >= 15 is 0 Å². The van der Waals surface area contributed by atoms with Crippen LogP contribution < -0.4 is 4.74 Å². The molecule has 1 aromatic carbocycles. The lowest BCUT2D eigenvalue weighted by atomic mass is 10.2. The average molecular weight is 361 g/mol. The molecule has 1 saturated heterocycles. The van der Waals surface area contributed by atoms with Crippen LogP contribution in [0.5, 0.6) is 5.75 Å². The normalized spacial score (nSPS) is 22.8. The van der Waals surface area contributed by atoms with Crippen molar-refractivity contribution in [1.29, 1.82) is 0 Å². The lowest BCUT2D eigenvalue weighted by Crippen LogP contribution is -2.46. The third kappa shape index (κ3) is 4.50. The molecule has 0 aliphatic carbocycles. The second-order valence-corrected chi connectivity index (χ2v) is 5.52. The summed E-state index contributed by atoms with van der Waals surface area (Å²) in [7, 11) is 0. The lowest BCUT2D eigenvalue weighted by Gasteiger charge is -2.30. The largest absolute Gasteiger partial charge is 0.573 e. The fourth-order valence-corrected chi connectivity index (χ4v) is 2.49. The Hall–Kier alpha value is -2.56. The monoisotopic (exact) mass is 361 g/mol. The highest BCUT2D eigenvalue weighted by atomic mass is 19.4. The van der Waals surface area contributed by atoms with Gasteiger partial charge in [0, 0.05) is 4.92 Å². The zero-order valence-corrected chi connectivity index (χ0v) is 12.8. The van der Waals surface area contributed by atoms with Gasteiger partial charge in [-0.15, -0.1) is 13.2 Å². The number of aliphatic imine (C=N–C) groups is 1. The molecule has 0 radical (unpaired) electrons.